The fourth-order valence-corrected chi connectivity index (χ4v) is 1.59. The summed E-state index contributed by atoms with van der Waals surface area (Å²) in [6, 6.07) is 0. The van der Waals surface area contributed by atoms with Crippen LogP contribution in [-0.4, -0.2) is 45.7 Å². The SMILES string of the molecule is CC(C(=O)O)C(=O)N1CCC(C)(O)CC1. The van der Waals surface area contributed by atoms with Crippen molar-refractivity contribution in [3.05, 3.63) is 0 Å². The maximum Gasteiger partial charge on any atom is 0.315 e. The molecule has 2 N–H and O–H groups in total. The van der Waals surface area contributed by atoms with Crippen LogP contribution < -0.4 is 0 Å². The van der Waals surface area contributed by atoms with E-state index in [1.807, 2.05) is 0 Å². The van der Waals surface area contributed by atoms with Gasteiger partial charge in [-0.2, -0.15) is 0 Å². The number of rotatable bonds is 2. The monoisotopic (exact) mass is 215 g/mol. The van der Waals surface area contributed by atoms with Crippen molar-refractivity contribution in [1.82, 2.24) is 4.90 Å². The Morgan fingerprint density at radius 3 is 2.20 bits per heavy atom. The van der Waals surface area contributed by atoms with Gasteiger partial charge in [0, 0.05) is 13.1 Å². The van der Waals surface area contributed by atoms with Crippen LogP contribution in [0.5, 0.6) is 0 Å². The van der Waals surface area contributed by atoms with Crippen LogP contribution in [0.4, 0.5) is 0 Å². The summed E-state index contributed by atoms with van der Waals surface area (Å²) < 4.78 is 0. The lowest BCUT2D eigenvalue weighted by molar-refractivity contribution is -0.151. The molecule has 0 aromatic heterocycles. The van der Waals surface area contributed by atoms with E-state index in [2.05, 4.69) is 0 Å². The Hall–Kier alpha value is -1.10. The molecule has 0 spiro atoms. The minimum atomic E-state index is -1.10. The van der Waals surface area contributed by atoms with E-state index in [9.17, 15) is 14.7 Å². The van der Waals surface area contributed by atoms with E-state index < -0.39 is 17.5 Å². The molecule has 0 radical (unpaired) electrons. The molecule has 1 unspecified atom stereocenters. The van der Waals surface area contributed by atoms with Crippen molar-refractivity contribution >= 4 is 11.9 Å². The van der Waals surface area contributed by atoms with Crippen molar-refractivity contribution < 1.29 is 19.8 Å². The van der Waals surface area contributed by atoms with Gasteiger partial charge in [-0.1, -0.05) is 0 Å². The maximum absolute atomic E-state index is 11.6. The second-order valence-electron chi connectivity index (χ2n) is 4.38. The number of carboxylic acid groups (broad SMARTS) is 1. The molecule has 1 aliphatic rings. The number of hydrogen-bond donors (Lipinski definition) is 2. The first kappa shape index (κ1) is 12.0. The number of piperidine rings is 1. The molecule has 0 aliphatic carbocycles. The van der Waals surface area contributed by atoms with Gasteiger partial charge in [0.05, 0.1) is 5.60 Å². The first-order valence-electron chi connectivity index (χ1n) is 5.07. The maximum atomic E-state index is 11.6. The van der Waals surface area contributed by atoms with Crippen molar-refractivity contribution in [3.8, 4) is 0 Å². The Labute approximate surface area is 88.7 Å². The fraction of sp³-hybridized carbons (Fsp3) is 0.800. The Bertz CT molecular complexity index is 265. The van der Waals surface area contributed by atoms with Crippen molar-refractivity contribution in [3.63, 3.8) is 0 Å². The number of aliphatic carboxylic acids is 1. The third-order valence-electron chi connectivity index (χ3n) is 2.89. The molecule has 5 heteroatoms. The Kier molecular flexibility index (Phi) is 3.34. The molecule has 0 aromatic rings. The predicted molar refractivity (Wildman–Crippen MR) is 53.2 cm³/mol. The number of carbonyl (C=O) groups is 2. The number of carboxylic acids is 1. The van der Waals surface area contributed by atoms with E-state index in [-0.39, 0.29) is 5.91 Å². The summed E-state index contributed by atoms with van der Waals surface area (Å²) in [6.45, 7) is 3.99. The summed E-state index contributed by atoms with van der Waals surface area (Å²) in [5, 5.41) is 18.4. The molecule has 1 aliphatic heterocycles. The molecular weight excluding hydrogens is 198 g/mol. The van der Waals surface area contributed by atoms with E-state index in [1.165, 1.54) is 11.8 Å². The zero-order valence-corrected chi connectivity index (χ0v) is 9.06. The molecule has 0 aromatic carbocycles. The van der Waals surface area contributed by atoms with E-state index in [0.717, 1.165) is 0 Å². The molecular formula is C10H17NO4. The molecule has 0 bridgehead atoms. The molecule has 5 nitrogen and oxygen atoms in total. The van der Waals surface area contributed by atoms with E-state index in [4.69, 9.17) is 5.11 Å². The van der Waals surface area contributed by atoms with Crippen LogP contribution in [0.15, 0.2) is 0 Å². The lowest BCUT2D eigenvalue weighted by Crippen LogP contribution is -2.47. The number of aliphatic hydroxyl groups is 1. The van der Waals surface area contributed by atoms with E-state index in [1.54, 1.807) is 6.92 Å². The van der Waals surface area contributed by atoms with Gasteiger partial charge in [0.1, 0.15) is 5.92 Å². The van der Waals surface area contributed by atoms with Crippen molar-refractivity contribution in [1.29, 1.82) is 0 Å². The first-order chi connectivity index (χ1) is 6.83. The second-order valence-corrected chi connectivity index (χ2v) is 4.38. The average molecular weight is 215 g/mol. The van der Waals surface area contributed by atoms with Crippen LogP contribution in [0, 0.1) is 5.92 Å². The zero-order valence-electron chi connectivity index (χ0n) is 9.06. The smallest absolute Gasteiger partial charge is 0.315 e. The van der Waals surface area contributed by atoms with Crippen LogP contribution in [0.2, 0.25) is 0 Å². The number of amides is 1. The van der Waals surface area contributed by atoms with Gasteiger partial charge in [0.2, 0.25) is 5.91 Å². The van der Waals surface area contributed by atoms with Gasteiger partial charge in [0.15, 0.2) is 0 Å². The Morgan fingerprint density at radius 2 is 1.80 bits per heavy atom. The minimum absolute atomic E-state index is 0.363. The van der Waals surface area contributed by atoms with Gasteiger partial charge in [-0.05, 0) is 26.7 Å². The summed E-state index contributed by atoms with van der Waals surface area (Å²) in [4.78, 5) is 23.7. The standard InChI is InChI=1S/C10H17NO4/c1-7(9(13)14)8(12)11-5-3-10(2,15)4-6-11/h7,15H,3-6H2,1-2H3,(H,13,14). The summed E-state index contributed by atoms with van der Waals surface area (Å²) >= 11 is 0. The van der Waals surface area contributed by atoms with Crippen molar-refractivity contribution in [2.24, 2.45) is 5.92 Å². The van der Waals surface area contributed by atoms with Crippen LogP contribution in [-0.2, 0) is 9.59 Å². The molecule has 0 saturated carbocycles. The zero-order chi connectivity index (χ0) is 11.6. The predicted octanol–water partition coefficient (Wildman–Crippen LogP) is 0.0805. The number of nitrogens with zero attached hydrogens (tertiary/aromatic N) is 1. The number of carbonyl (C=O) groups excluding carboxylic acids is 1. The van der Waals surface area contributed by atoms with Gasteiger partial charge < -0.3 is 15.1 Å². The van der Waals surface area contributed by atoms with Gasteiger partial charge in [-0.25, -0.2) is 0 Å². The van der Waals surface area contributed by atoms with Crippen LogP contribution >= 0.6 is 0 Å². The van der Waals surface area contributed by atoms with Gasteiger partial charge in [0.25, 0.3) is 0 Å². The average Bonchev–Trinajstić information content (AvgIpc) is 2.15. The highest BCUT2D eigenvalue weighted by Gasteiger charge is 2.33. The van der Waals surface area contributed by atoms with Gasteiger partial charge in [-0.3, -0.25) is 9.59 Å². The fourth-order valence-electron chi connectivity index (χ4n) is 1.59. The number of hydrogen-bond acceptors (Lipinski definition) is 3. The molecule has 1 atom stereocenters. The third-order valence-corrected chi connectivity index (χ3v) is 2.89. The highest BCUT2D eigenvalue weighted by atomic mass is 16.4. The van der Waals surface area contributed by atoms with Crippen LogP contribution in [0.25, 0.3) is 0 Å². The molecule has 1 rings (SSSR count). The largest absolute Gasteiger partial charge is 0.481 e. The van der Waals surface area contributed by atoms with Crippen molar-refractivity contribution in [2.45, 2.75) is 32.3 Å². The topological polar surface area (TPSA) is 77.8 Å². The first-order valence-corrected chi connectivity index (χ1v) is 5.07. The second kappa shape index (κ2) is 4.18. The highest BCUT2D eigenvalue weighted by Crippen LogP contribution is 2.22. The normalized spacial score (nSPS) is 22.2. The summed E-state index contributed by atoms with van der Waals surface area (Å²) in [5.41, 5.74) is -0.719. The lowest BCUT2D eigenvalue weighted by Gasteiger charge is -2.36. The Morgan fingerprint density at radius 1 is 1.33 bits per heavy atom. The third kappa shape index (κ3) is 2.92. The number of likely N-dealkylation sites (tertiary alicyclic amines) is 1. The summed E-state index contributed by atoms with van der Waals surface area (Å²) in [7, 11) is 0. The minimum Gasteiger partial charge on any atom is -0.481 e. The summed E-state index contributed by atoms with van der Waals surface area (Å²) in [6.07, 6.45) is 1.01. The molecule has 1 saturated heterocycles. The molecule has 1 fully saturated rings. The lowest BCUT2D eigenvalue weighted by atomic mass is 9.93. The van der Waals surface area contributed by atoms with Crippen LogP contribution in [0.1, 0.15) is 26.7 Å². The van der Waals surface area contributed by atoms with Gasteiger partial charge >= 0.3 is 5.97 Å². The van der Waals surface area contributed by atoms with Crippen molar-refractivity contribution in [2.75, 3.05) is 13.1 Å². The molecule has 1 amide bonds. The summed E-state index contributed by atoms with van der Waals surface area (Å²) in [5.74, 6) is -2.46. The van der Waals surface area contributed by atoms with E-state index in [0.29, 0.717) is 25.9 Å². The molecule has 86 valence electrons. The molecule has 15 heavy (non-hydrogen) atoms. The quantitative estimate of drug-likeness (QED) is 0.639. The molecule has 1 heterocycles. The Balaban J connectivity index is 2.54. The van der Waals surface area contributed by atoms with E-state index >= 15 is 0 Å². The van der Waals surface area contributed by atoms with Crippen LogP contribution in [0.3, 0.4) is 0 Å². The van der Waals surface area contributed by atoms with Gasteiger partial charge in [-0.15, -0.1) is 0 Å². The highest BCUT2D eigenvalue weighted by molar-refractivity contribution is 5.96.